The second-order valence-corrected chi connectivity index (χ2v) is 7.89. The number of hydrogen-bond acceptors (Lipinski definition) is 4. The van der Waals surface area contributed by atoms with Crippen molar-refractivity contribution in [2.24, 2.45) is 5.92 Å². The molecule has 0 bridgehead atoms. The first-order valence-electron chi connectivity index (χ1n) is 3.87. The van der Waals surface area contributed by atoms with Crippen molar-refractivity contribution in [3.05, 3.63) is 0 Å². The summed E-state index contributed by atoms with van der Waals surface area (Å²) in [7, 11) is -7.26. The fourth-order valence-corrected chi connectivity index (χ4v) is 3.88. The van der Waals surface area contributed by atoms with Crippen LogP contribution in [0.5, 0.6) is 0 Å². The van der Waals surface area contributed by atoms with Gasteiger partial charge in [-0.15, -0.1) is 11.6 Å². The highest BCUT2D eigenvalue weighted by atomic mass is 35.5. The fourth-order valence-electron chi connectivity index (χ4n) is 0.647. The number of hydrogen-bond donors (Lipinski definition) is 1. The van der Waals surface area contributed by atoms with Crippen LogP contribution in [-0.2, 0) is 19.9 Å². The zero-order chi connectivity index (χ0) is 11.4. The average molecular weight is 264 g/mol. The minimum Gasteiger partial charge on any atom is -0.228 e. The van der Waals surface area contributed by atoms with Gasteiger partial charge in [-0.2, -0.15) is 0 Å². The molecule has 0 fully saturated rings. The third-order valence-corrected chi connectivity index (χ3v) is 5.37. The smallest absolute Gasteiger partial charge is 0.226 e. The number of rotatable bonds is 6. The van der Waals surface area contributed by atoms with Crippen molar-refractivity contribution in [2.45, 2.75) is 6.92 Å². The summed E-state index contributed by atoms with van der Waals surface area (Å²) in [5.74, 6) is 0.299. The summed E-state index contributed by atoms with van der Waals surface area (Å²) in [6.45, 7) is 1.91. The van der Waals surface area contributed by atoms with E-state index in [0.717, 1.165) is 6.26 Å². The third-order valence-electron chi connectivity index (χ3n) is 1.28. The maximum atomic E-state index is 11.1. The summed E-state index contributed by atoms with van der Waals surface area (Å²) >= 11 is 5.46. The largest absolute Gasteiger partial charge is 0.228 e. The van der Waals surface area contributed by atoms with Gasteiger partial charge in [0.05, 0.1) is 0 Å². The summed E-state index contributed by atoms with van der Waals surface area (Å²) in [6.07, 6.45) is 0.872. The van der Waals surface area contributed by atoms with Crippen LogP contribution in [0.25, 0.3) is 0 Å². The molecule has 0 rings (SSSR count). The zero-order valence-electron chi connectivity index (χ0n) is 8.03. The van der Waals surface area contributed by atoms with E-state index in [9.17, 15) is 16.8 Å². The van der Waals surface area contributed by atoms with E-state index in [1.165, 1.54) is 0 Å². The maximum Gasteiger partial charge on any atom is 0.226 e. The van der Waals surface area contributed by atoms with E-state index in [4.69, 9.17) is 11.6 Å². The Bertz CT molecular complexity index is 361. The zero-order valence-corrected chi connectivity index (χ0v) is 10.4. The number of sulfonamides is 1. The van der Waals surface area contributed by atoms with Crippen molar-refractivity contribution in [1.29, 1.82) is 0 Å². The van der Waals surface area contributed by atoms with Gasteiger partial charge in [0.15, 0.2) is 14.9 Å². The lowest BCUT2D eigenvalue weighted by atomic mass is 10.2. The maximum absolute atomic E-state index is 11.1. The number of halogens is 1. The molecule has 0 aromatic heterocycles. The molecule has 0 saturated heterocycles. The molecule has 0 aromatic carbocycles. The van der Waals surface area contributed by atoms with E-state index in [0.29, 0.717) is 5.88 Å². The monoisotopic (exact) mass is 263 g/mol. The first kappa shape index (κ1) is 14.2. The lowest BCUT2D eigenvalue weighted by molar-refractivity contribution is 0.563. The van der Waals surface area contributed by atoms with Gasteiger partial charge < -0.3 is 0 Å². The molecular formula is C6H14ClNO4S2. The van der Waals surface area contributed by atoms with Gasteiger partial charge in [0.2, 0.25) is 10.0 Å². The van der Waals surface area contributed by atoms with Crippen LogP contribution in [0.2, 0.25) is 0 Å². The summed E-state index contributed by atoms with van der Waals surface area (Å²) in [5.41, 5.74) is 0. The van der Waals surface area contributed by atoms with E-state index >= 15 is 0 Å². The SMILES string of the molecule is CC(CCl)CNS(=O)(=O)CS(C)(=O)=O. The minimum atomic E-state index is -3.74. The van der Waals surface area contributed by atoms with Gasteiger partial charge in [0.25, 0.3) is 0 Å². The van der Waals surface area contributed by atoms with Crippen LogP contribution in [0.15, 0.2) is 0 Å². The van der Waals surface area contributed by atoms with Gasteiger partial charge >= 0.3 is 0 Å². The predicted molar refractivity (Wildman–Crippen MR) is 56.5 cm³/mol. The third kappa shape index (κ3) is 7.54. The highest BCUT2D eigenvalue weighted by Crippen LogP contribution is 1.98. The van der Waals surface area contributed by atoms with Crippen molar-refractivity contribution in [2.75, 3.05) is 23.8 Å². The Kier molecular flexibility index (Phi) is 5.35. The molecule has 1 unspecified atom stereocenters. The van der Waals surface area contributed by atoms with Crippen LogP contribution >= 0.6 is 11.6 Å². The van der Waals surface area contributed by atoms with Gasteiger partial charge in [0.1, 0.15) is 0 Å². The average Bonchev–Trinajstić information content (AvgIpc) is 1.96. The lowest BCUT2D eigenvalue weighted by Gasteiger charge is -2.09. The van der Waals surface area contributed by atoms with Gasteiger partial charge in [-0.1, -0.05) is 6.92 Å². The van der Waals surface area contributed by atoms with Crippen molar-refractivity contribution in [3.8, 4) is 0 Å². The van der Waals surface area contributed by atoms with E-state index in [-0.39, 0.29) is 12.5 Å². The molecule has 1 atom stereocenters. The van der Waals surface area contributed by atoms with E-state index in [1.54, 1.807) is 6.92 Å². The van der Waals surface area contributed by atoms with Crippen LogP contribution in [0.4, 0.5) is 0 Å². The van der Waals surface area contributed by atoms with Crippen molar-refractivity contribution >= 4 is 31.5 Å². The molecule has 5 nitrogen and oxygen atoms in total. The Balaban J connectivity index is 4.24. The molecule has 8 heteroatoms. The summed E-state index contributed by atoms with van der Waals surface area (Å²) in [4.78, 5) is 0. The lowest BCUT2D eigenvalue weighted by Crippen LogP contribution is -2.33. The van der Waals surface area contributed by atoms with Crippen molar-refractivity contribution < 1.29 is 16.8 Å². The Hall–Kier alpha value is 0.150. The molecular weight excluding hydrogens is 250 g/mol. The van der Waals surface area contributed by atoms with Crippen molar-refractivity contribution in [1.82, 2.24) is 4.72 Å². The van der Waals surface area contributed by atoms with Gasteiger partial charge in [-0.3, -0.25) is 0 Å². The molecule has 0 heterocycles. The molecule has 0 saturated carbocycles. The highest BCUT2D eigenvalue weighted by molar-refractivity contribution is 8.06. The van der Waals surface area contributed by atoms with Crippen LogP contribution in [-0.4, -0.2) is 40.6 Å². The first-order chi connectivity index (χ1) is 6.16. The predicted octanol–water partition coefficient (Wildman–Crippen LogP) is -0.217. The van der Waals surface area contributed by atoms with Crippen LogP contribution < -0.4 is 4.72 Å². The normalized spacial score (nSPS) is 15.4. The highest BCUT2D eigenvalue weighted by Gasteiger charge is 2.18. The number of nitrogens with one attached hydrogen (secondary N) is 1. The molecule has 14 heavy (non-hydrogen) atoms. The molecule has 0 spiro atoms. The Morgan fingerprint density at radius 2 is 1.79 bits per heavy atom. The molecule has 86 valence electrons. The number of sulfone groups is 1. The van der Waals surface area contributed by atoms with Gasteiger partial charge in [0, 0.05) is 18.7 Å². The van der Waals surface area contributed by atoms with Gasteiger partial charge in [-0.05, 0) is 5.92 Å². The summed E-state index contributed by atoms with van der Waals surface area (Å²) < 4.78 is 45.9. The molecule has 0 aliphatic rings. The van der Waals surface area contributed by atoms with E-state index in [1.807, 2.05) is 0 Å². The van der Waals surface area contributed by atoms with Crippen LogP contribution in [0, 0.1) is 5.92 Å². The topological polar surface area (TPSA) is 80.3 Å². The van der Waals surface area contributed by atoms with Crippen molar-refractivity contribution in [3.63, 3.8) is 0 Å². The molecule has 0 radical (unpaired) electrons. The van der Waals surface area contributed by atoms with E-state index in [2.05, 4.69) is 4.72 Å². The molecule has 0 aliphatic carbocycles. The molecule has 0 aromatic rings. The van der Waals surface area contributed by atoms with E-state index < -0.39 is 24.9 Å². The standard InChI is InChI=1S/C6H14ClNO4S2/c1-6(3-7)4-8-14(11,12)5-13(2,9)10/h6,8H,3-5H2,1-2H3. The molecule has 0 aliphatic heterocycles. The van der Waals surface area contributed by atoms with Crippen LogP contribution in [0.1, 0.15) is 6.92 Å². The van der Waals surface area contributed by atoms with Gasteiger partial charge in [-0.25, -0.2) is 21.6 Å². The fraction of sp³-hybridized carbons (Fsp3) is 1.00. The minimum absolute atomic E-state index is 0.0222. The second kappa shape index (κ2) is 5.29. The second-order valence-electron chi connectivity index (χ2n) is 3.27. The number of alkyl halides is 1. The first-order valence-corrected chi connectivity index (χ1v) is 8.12. The Morgan fingerprint density at radius 3 is 2.14 bits per heavy atom. The van der Waals surface area contributed by atoms with Crippen LogP contribution in [0.3, 0.4) is 0 Å². The summed E-state index contributed by atoms with van der Waals surface area (Å²) in [6, 6.07) is 0. The summed E-state index contributed by atoms with van der Waals surface area (Å²) in [5, 5.41) is -0.880. The Labute approximate surface area is 89.8 Å². The molecule has 0 amide bonds. The Morgan fingerprint density at radius 1 is 1.29 bits per heavy atom. The molecule has 1 N–H and O–H groups in total. The quantitative estimate of drug-likeness (QED) is 0.672.